The van der Waals surface area contributed by atoms with Gasteiger partial charge < -0.3 is 9.64 Å². The molecule has 0 bridgehead atoms. The lowest BCUT2D eigenvalue weighted by molar-refractivity contribution is -0.147. The summed E-state index contributed by atoms with van der Waals surface area (Å²) in [6.07, 6.45) is 2.23. The number of benzene rings is 1. The molecule has 0 fully saturated rings. The molecule has 0 saturated heterocycles. The number of esters is 1. The average molecular weight is 330 g/mol. The Morgan fingerprint density at radius 2 is 1.96 bits per heavy atom. The van der Waals surface area contributed by atoms with Crippen LogP contribution >= 0.6 is 0 Å². The molecule has 1 amide bonds. The summed E-state index contributed by atoms with van der Waals surface area (Å²) in [6.45, 7) is 7.69. The van der Waals surface area contributed by atoms with E-state index in [1.165, 1.54) is 0 Å². The summed E-state index contributed by atoms with van der Waals surface area (Å²) in [5.41, 5.74) is 1.09. The molecule has 1 aromatic carbocycles. The van der Waals surface area contributed by atoms with Gasteiger partial charge in [-0.15, -0.1) is 0 Å². The first kappa shape index (κ1) is 18.2. The molecule has 0 aromatic heterocycles. The number of anilines is 1. The summed E-state index contributed by atoms with van der Waals surface area (Å²) in [6, 6.07) is 7.82. The van der Waals surface area contributed by atoms with E-state index in [1.807, 2.05) is 31.2 Å². The molecule has 1 aliphatic rings. The van der Waals surface area contributed by atoms with Crippen molar-refractivity contribution in [2.24, 2.45) is 5.92 Å². The highest BCUT2D eigenvalue weighted by molar-refractivity contribution is 6.40. The van der Waals surface area contributed by atoms with Gasteiger partial charge in [-0.2, -0.15) is 0 Å². The van der Waals surface area contributed by atoms with Crippen LogP contribution in [0.5, 0.6) is 0 Å². The number of aryl methyl sites for hydroxylation is 1. The highest BCUT2D eigenvalue weighted by atomic mass is 16.6. The summed E-state index contributed by atoms with van der Waals surface area (Å²) >= 11 is 0. The van der Waals surface area contributed by atoms with Gasteiger partial charge in [0.2, 0.25) is 5.91 Å². The van der Waals surface area contributed by atoms with Crippen molar-refractivity contribution in [1.82, 2.24) is 0 Å². The van der Waals surface area contributed by atoms with Gasteiger partial charge in [0, 0.05) is 12.2 Å². The van der Waals surface area contributed by atoms with E-state index < -0.39 is 17.5 Å². The van der Waals surface area contributed by atoms with E-state index in [9.17, 15) is 9.59 Å². The highest BCUT2D eigenvalue weighted by Crippen LogP contribution is 2.29. The van der Waals surface area contributed by atoms with Crippen LogP contribution in [0, 0.1) is 11.3 Å². The molecule has 1 atom stereocenters. The van der Waals surface area contributed by atoms with Gasteiger partial charge in [0.15, 0.2) is 0 Å². The van der Waals surface area contributed by atoms with Crippen molar-refractivity contribution in [2.45, 2.75) is 52.6 Å². The quantitative estimate of drug-likeness (QED) is 0.680. The molecule has 1 aliphatic heterocycles. The second kappa shape index (κ2) is 7.16. The van der Waals surface area contributed by atoms with Crippen molar-refractivity contribution in [2.75, 3.05) is 11.4 Å². The van der Waals surface area contributed by atoms with Crippen LogP contribution < -0.4 is 4.90 Å². The fourth-order valence-electron chi connectivity index (χ4n) is 2.93. The summed E-state index contributed by atoms with van der Waals surface area (Å²) in [4.78, 5) is 26.9. The monoisotopic (exact) mass is 330 g/mol. The topological polar surface area (TPSA) is 70.5 Å². The number of rotatable bonds is 4. The maximum Gasteiger partial charge on any atom is 0.353 e. The number of ether oxygens (including phenoxy) is 1. The molecule has 1 N–H and O–H groups in total. The molecule has 24 heavy (non-hydrogen) atoms. The van der Waals surface area contributed by atoms with Gasteiger partial charge in [-0.25, -0.2) is 4.79 Å². The molecule has 1 heterocycles. The van der Waals surface area contributed by atoms with Gasteiger partial charge in [0.25, 0.3) is 0 Å². The van der Waals surface area contributed by atoms with Crippen molar-refractivity contribution >= 4 is 23.3 Å². The van der Waals surface area contributed by atoms with Gasteiger partial charge in [-0.05, 0) is 51.7 Å². The van der Waals surface area contributed by atoms with Crippen LogP contribution in [0.1, 0.15) is 46.1 Å². The number of fused-ring (bicyclic) bond motifs is 1. The Morgan fingerprint density at radius 1 is 1.29 bits per heavy atom. The number of hydrogen-bond donors (Lipinski definition) is 1. The van der Waals surface area contributed by atoms with E-state index in [0.29, 0.717) is 13.0 Å². The van der Waals surface area contributed by atoms with Crippen LogP contribution in [-0.2, 0) is 20.7 Å². The minimum Gasteiger partial charge on any atom is -0.455 e. The Labute approximate surface area is 143 Å². The summed E-state index contributed by atoms with van der Waals surface area (Å²) in [7, 11) is 0. The Hall–Kier alpha value is -2.17. The molecule has 5 heteroatoms. The zero-order valence-corrected chi connectivity index (χ0v) is 14.9. The summed E-state index contributed by atoms with van der Waals surface area (Å²) in [5, 5.41) is 8.14. The van der Waals surface area contributed by atoms with Crippen LogP contribution in [0.25, 0.3) is 0 Å². The maximum atomic E-state index is 13.0. The van der Waals surface area contributed by atoms with Gasteiger partial charge in [0.05, 0.1) is 5.92 Å². The van der Waals surface area contributed by atoms with E-state index in [2.05, 4.69) is 0 Å². The largest absolute Gasteiger partial charge is 0.455 e. The Morgan fingerprint density at radius 3 is 2.58 bits per heavy atom. The third kappa shape index (κ3) is 4.02. The lowest BCUT2D eigenvalue weighted by Gasteiger charge is -2.32. The third-order valence-electron chi connectivity index (χ3n) is 4.05. The molecule has 0 spiro atoms. The zero-order valence-electron chi connectivity index (χ0n) is 14.9. The number of carbonyl (C=O) groups is 2. The van der Waals surface area contributed by atoms with E-state index in [4.69, 9.17) is 10.1 Å². The smallest absolute Gasteiger partial charge is 0.353 e. The van der Waals surface area contributed by atoms with Crippen molar-refractivity contribution in [3.63, 3.8) is 0 Å². The molecular formula is C19H26N2O3. The maximum absolute atomic E-state index is 13.0. The van der Waals surface area contributed by atoms with Crippen LogP contribution in [0.15, 0.2) is 24.3 Å². The summed E-state index contributed by atoms with van der Waals surface area (Å²) in [5.74, 6) is -1.68. The highest BCUT2D eigenvalue weighted by Gasteiger charge is 2.34. The minimum absolute atomic E-state index is 0.194. The zero-order chi connectivity index (χ0) is 17.9. The van der Waals surface area contributed by atoms with E-state index in [-0.39, 0.29) is 11.6 Å². The van der Waals surface area contributed by atoms with Crippen molar-refractivity contribution < 1.29 is 14.3 Å². The van der Waals surface area contributed by atoms with Crippen molar-refractivity contribution in [3.8, 4) is 0 Å². The number of nitrogens with one attached hydrogen (secondary N) is 1. The average Bonchev–Trinajstić information content (AvgIpc) is 2.53. The van der Waals surface area contributed by atoms with Crippen LogP contribution in [0.4, 0.5) is 5.69 Å². The van der Waals surface area contributed by atoms with Gasteiger partial charge >= 0.3 is 5.97 Å². The fraction of sp³-hybridized carbons (Fsp3) is 0.526. The Balaban J connectivity index is 2.21. The lowest BCUT2D eigenvalue weighted by Crippen LogP contribution is -2.44. The fourth-order valence-corrected chi connectivity index (χ4v) is 2.93. The number of amides is 1. The first-order chi connectivity index (χ1) is 11.2. The lowest BCUT2D eigenvalue weighted by atomic mass is 9.95. The molecule has 0 saturated carbocycles. The standard InChI is InChI=1S/C19H26N2O3/c1-5-14(16(20)18(23)24-19(2,3)4)17(22)21-12-8-10-13-9-6-7-11-15(13)21/h6-7,9,11,14,20H,5,8,10,12H2,1-4H3/t14-/m0/s1. The van der Waals surface area contributed by atoms with Gasteiger partial charge in [0.1, 0.15) is 11.3 Å². The molecule has 0 unspecified atom stereocenters. The molecule has 130 valence electrons. The Bertz CT molecular complexity index is 646. The number of para-hydroxylation sites is 1. The predicted octanol–water partition coefficient (Wildman–Crippen LogP) is 3.35. The van der Waals surface area contributed by atoms with Crippen LogP contribution in [0.2, 0.25) is 0 Å². The first-order valence-corrected chi connectivity index (χ1v) is 8.45. The van der Waals surface area contributed by atoms with E-state index in [1.54, 1.807) is 25.7 Å². The summed E-state index contributed by atoms with van der Waals surface area (Å²) < 4.78 is 5.26. The molecule has 5 nitrogen and oxygen atoms in total. The normalized spacial score (nSPS) is 15.4. The van der Waals surface area contributed by atoms with Crippen molar-refractivity contribution in [3.05, 3.63) is 29.8 Å². The van der Waals surface area contributed by atoms with E-state index in [0.717, 1.165) is 24.1 Å². The Kier molecular flexibility index (Phi) is 5.42. The van der Waals surface area contributed by atoms with Gasteiger partial charge in [-0.3, -0.25) is 10.2 Å². The molecule has 0 aliphatic carbocycles. The second-order valence-electron chi connectivity index (χ2n) is 7.10. The van der Waals surface area contributed by atoms with Crippen molar-refractivity contribution in [1.29, 1.82) is 5.41 Å². The molecular weight excluding hydrogens is 304 g/mol. The van der Waals surface area contributed by atoms with Gasteiger partial charge in [-0.1, -0.05) is 25.1 Å². The van der Waals surface area contributed by atoms with Crippen LogP contribution in [-0.4, -0.2) is 29.7 Å². The minimum atomic E-state index is -0.772. The first-order valence-electron chi connectivity index (χ1n) is 8.45. The number of carbonyl (C=O) groups excluding carboxylic acids is 2. The molecule has 2 rings (SSSR count). The second-order valence-corrected chi connectivity index (χ2v) is 7.10. The van der Waals surface area contributed by atoms with Crippen LogP contribution in [0.3, 0.4) is 0 Å². The number of nitrogens with zero attached hydrogens (tertiary/aromatic N) is 1. The third-order valence-corrected chi connectivity index (χ3v) is 4.05. The van der Waals surface area contributed by atoms with E-state index >= 15 is 0 Å². The molecule has 1 aromatic rings. The number of hydrogen-bond acceptors (Lipinski definition) is 4. The predicted molar refractivity (Wildman–Crippen MR) is 94.5 cm³/mol. The SMILES string of the molecule is CC[C@@H](C(=N)C(=O)OC(C)(C)C)C(=O)N1CCCc2ccccc21. The molecule has 0 radical (unpaired) electrons.